The van der Waals surface area contributed by atoms with E-state index in [1.165, 1.54) is 7.11 Å². The summed E-state index contributed by atoms with van der Waals surface area (Å²) >= 11 is 0. The molecule has 2 rings (SSSR count). The number of ether oxygens (including phenoxy) is 3. The van der Waals surface area contributed by atoms with Gasteiger partial charge in [-0.25, -0.2) is 4.79 Å². The summed E-state index contributed by atoms with van der Waals surface area (Å²) in [6.45, 7) is 1.83. The summed E-state index contributed by atoms with van der Waals surface area (Å²) in [6.07, 6.45) is -0.0648. The number of carbonyl (C=O) groups is 2. The highest BCUT2D eigenvalue weighted by Crippen LogP contribution is 2.11. The molecule has 0 saturated carbocycles. The number of methoxy groups -OCH3 is 3. The Morgan fingerprint density at radius 3 is 1.62 bits per heavy atom. The maximum atomic E-state index is 12.1. The molecule has 24 heavy (non-hydrogen) atoms. The molecule has 0 N–H and O–H groups in total. The van der Waals surface area contributed by atoms with Gasteiger partial charge in [0.1, 0.15) is 0 Å². The van der Waals surface area contributed by atoms with E-state index in [2.05, 4.69) is 14.2 Å². The van der Waals surface area contributed by atoms with Gasteiger partial charge < -0.3 is 14.2 Å². The molecular formula is C19H22O5. The Labute approximate surface area is 142 Å². The van der Waals surface area contributed by atoms with Crippen molar-refractivity contribution >= 4 is 11.8 Å². The van der Waals surface area contributed by atoms with Crippen LogP contribution in [-0.2, 0) is 14.2 Å². The molecule has 2 aromatic carbocycles. The largest absolute Gasteiger partial charge is 0.465 e. The molecule has 0 aliphatic rings. The summed E-state index contributed by atoms with van der Waals surface area (Å²) in [6, 6.07) is 15.4. The van der Waals surface area contributed by atoms with Crippen LogP contribution in [0.1, 0.15) is 33.2 Å². The van der Waals surface area contributed by atoms with E-state index in [1.54, 1.807) is 50.6 Å². The van der Waals surface area contributed by atoms with Gasteiger partial charge in [-0.2, -0.15) is 0 Å². The third-order valence-electron chi connectivity index (χ3n) is 3.27. The normalized spacial score (nSPS) is 9.88. The SMILES string of the molecule is COC(=O)c1ccc(C(=O)c2ccccc2)cc1.COC(C)OC. The molecule has 0 atom stereocenters. The Kier molecular flexibility index (Phi) is 8.39. The smallest absolute Gasteiger partial charge is 0.337 e. The van der Waals surface area contributed by atoms with Crippen LogP contribution in [0.3, 0.4) is 0 Å². The van der Waals surface area contributed by atoms with Crippen LogP contribution in [0.25, 0.3) is 0 Å². The van der Waals surface area contributed by atoms with E-state index in [9.17, 15) is 9.59 Å². The van der Waals surface area contributed by atoms with Crippen molar-refractivity contribution in [2.45, 2.75) is 13.2 Å². The predicted octanol–water partition coefficient (Wildman–Crippen LogP) is 3.33. The Morgan fingerprint density at radius 1 is 0.750 bits per heavy atom. The highest BCUT2D eigenvalue weighted by Gasteiger charge is 2.10. The molecule has 0 aromatic heterocycles. The zero-order valence-corrected chi connectivity index (χ0v) is 14.3. The lowest BCUT2D eigenvalue weighted by molar-refractivity contribution is -0.0877. The molecule has 0 fully saturated rings. The zero-order valence-electron chi connectivity index (χ0n) is 14.3. The maximum Gasteiger partial charge on any atom is 0.337 e. The van der Waals surface area contributed by atoms with Crippen molar-refractivity contribution in [3.63, 3.8) is 0 Å². The molecule has 5 heteroatoms. The van der Waals surface area contributed by atoms with Crippen LogP contribution >= 0.6 is 0 Å². The summed E-state index contributed by atoms with van der Waals surface area (Å²) in [7, 11) is 4.54. The van der Waals surface area contributed by atoms with Crippen molar-refractivity contribution in [3.8, 4) is 0 Å². The molecule has 0 radical (unpaired) electrons. The number of benzene rings is 2. The van der Waals surface area contributed by atoms with Gasteiger partial charge in [0.05, 0.1) is 12.7 Å². The monoisotopic (exact) mass is 330 g/mol. The lowest BCUT2D eigenvalue weighted by Crippen LogP contribution is -2.05. The molecule has 0 aliphatic heterocycles. The van der Waals surface area contributed by atoms with Gasteiger partial charge >= 0.3 is 5.97 Å². The zero-order chi connectivity index (χ0) is 17.9. The number of hydrogen-bond acceptors (Lipinski definition) is 5. The summed E-state index contributed by atoms with van der Waals surface area (Å²) in [5, 5.41) is 0. The summed E-state index contributed by atoms with van der Waals surface area (Å²) in [5.74, 6) is -0.472. The second-order valence-corrected chi connectivity index (χ2v) is 4.80. The quantitative estimate of drug-likeness (QED) is 0.478. The average molecular weight is 330 g/mol. The van der Waals surface area contributed by atoms with Gasteiger partial charge in [-0.3, -0.25) is 4.79 Å². The summed E-state index contributed by atoms with van der Waals surface area (Å²) < 4.78 is 14.0. The fourth-order valence-electron chi connectivity index (χ4n) is 1.73. The number of carbonyl (C=O) groups excluding carboxylic acids is 2. The van der Waals surface area contributed by atoms with E-state index in [0.29, 0.717) is 16.7 Å². The first-order valence-electron chi connectivity index (χ1n) is 7.37. The molecule has 2 aromatic rings. The molecule has 0 aliphatic carbocycles. The Bertz CT molecular complexity index is 631. The number of ketones is 1. The van der Waals surface area contributed by atoms with Crippen molar-refractivity contribution in [1.82, 2.24) is 0 Å². The van der Waals surface area contributed by atoms with Crippen LogP contribution in [0.4, 0.5) is 0 Å². The predicted molar refractivity (Wildman–Crippen MR) is 91.1 cm³/mol. The highest BCUT2D eigenvalue weighted by atomic mass is 16.7. The number of hydrogen-bond donors (Lipinski definition) is 0. The van der Waals surface area contributed by atoms with Gasteiger partial charge in [-0.1, -0.05) is 42.5 Å². The van der Waals surface area contributed by atoms with Gasteiger partial charge in [0.2, 0.25) is 0 Å². The van der Waals surface area contributed by atoms with E-state index in [1.807, 2.05) is 25.1 Å². The van der Waals surface area contributed by atoms with Crippen LogP contribution in [0.15, 0.2) is 54.6 Å². The molecular weight excluding hydrogens is 308 g/mol. The second kappa shape index (κ2) is 10.3. The van der Waals surface area contributed by atoms with Crippen LogP contribution in [0.5, 0.6) is 0 Å². The van der Waals surface area contributed by atoms with Crippen molar-refractivity contribution in [1.29, 1.82) is 0 Å². The first-order chi connectivity index (χ1) is 11.5. The van der Waals surface area contributed by atoms with Crippen molar-refractivity contribution in [2.75, 3.05) is 21.3 Å². The third-order valence-corrected chi connectivity index (χ3v) is 3.27. The average Bonchev–Trinajstić information content (AvgIpc) is 2.67. The van der Waals surface area contributed by atoms with Gasteiger partial charge in [0, 0.05) is 25.3 Å². The minimum absolute atomic E-state index is 0.0629. The number of esters is 1. The first kappa shape index (κ1) is 19.5. The fraction of sp³-hybridized carbons (Fsp3) is 0.263. The van der Waals surface area contributed by atoms with Crippen molar-refractivity contribution in [3.05, 3.63) is 71.3 Å². The van der Waals surface area contributed by atoms with Gasteiger partial charge in [-0.15, -0.1) is 0 Å². The van der Waals surface area contributed by atoms with E-state index in [-0.39, 0.29) is 12.1 Å². The molecule has 0 unspecified atom stereocenters. The molecule has 5 nitrogen and oxygen atoms in total. The van der Waals surface area contributed by atoms with Crippen molar-refractivity contribution in [2.24, 2.45) is 0 Å². The molecule has 0 bridgehead atoms. The van der Waals surface area contributed by atoms with Crippen LogP contribution in [0, 0.1) is 0 Å². The van der Waals surface area contributed by atoms with Gasteiger partial charge in [0.15, 0.2) is 12.1 Å². The molecule has 0 heterocycles. The summed E-state index contributed by atoms with van der Waals surface area (Å²) in [4.78, 5) is 23.3. The molecule has 0 spiro atoms. The highest BCUT2D eigenvalue weighted by molar-refractivity contribution is 6.09. The van der Waals surface area contributed by atoms with Gasteiger partial charge in [0.25, 0.3) is 0 Å². The van der Waals surface area contributed by atoms with Crippen molar-refractivity contribution < 1.29 is 23.8 Å². The Morgan fingerprint density at radius 2 is 1.21 bits per heavy atom. The van der Waals surface area contributed by atoms with E-state index in [4.69, 9.17) is 0 Å². The topological polar surface area (TPSA) is 61.8 Å². The lowest BCUT2D eigenvalue weighted by atomic mass is 10.0. The molecule has 128 valence electrons. The summed E-state index contributed by atoms with van der Waals surface area (Å²) in [5.41, 5.74) is 1.61. The van der Waals surface area contributed by atoms with Crippen LogP contribution in [0.2, 0.25) is 0 Å². The third kappa shape index (κ3) is 5.95. The minimum Gasteiger partial charge on any atom is -0.465 e. The first-order valence-corrected chi connectivity index (χ1v) is 7.37. The lowest BCUT2D eigenvalue weighted by Gasteiger charge is -2.03. The maximum absolute atomic E-state index is 12.1. The van der Waals surface area contributed by atoms with Gasteiger partial charge in [-0.05, 0) is 19.1 Å². The Hall–Kier alpha value is -2.50. The Balaban J connectivity index is 0.000000413. The fourth-order valence-corrected chi connectivity index (χ4v) is 1.73. The van der Waals surface area contributed by atoms with Crippen LogP contribution in [-0.4, -0.2) is 39.4 Å². The molecule has 0 saturated heterocycles. The standard InChI is InChI=1S/C15H12O3.C4H10O2/c1-18-15(17)13-9-7-12(8-10-13)14(16)11-5-3-2-4-6-11;1-4(5-2)6-3/h2-10H,1H3;4H,1-3H3. The second-order valence-electron chi connectivity index (χ2n) is 4.80. The van der Waals surface area contributed by atoms with E-state index in [0.717, 1.165) is 0 Å². The minimum atomic E-state index is -0.409. The molecule has 0 amide bonds. The van der Waals surface area contributed by atoms with E-state index >= 15 is 0 Å². The van der Waals surface area contributed by atoms with Crippen LogP contribution < -0.4 is 0 Å². The van der Waals surface area contributed by atoms with E-state index < -0.39 is 5.97 Å². The number of rotatable bonds is 5.